The highest BCUT2D eigenvalue weighted by atomic mass is 79.9. The molecule has 0 aromatic heterocycles. The second-order valence-corrected chi connectivity index (χ2v) is 5.66. The van der Waals surface area contributed by atoms with Gasteiger partial charge in [-0.15, -0.1) is 0 Å². The normalized spacial score (nSPS) is 22.3. The fourth-order valence-electron chi connectivity index (χ4n) is 2.19. The van der Waals surface area contributed by atoms with Crippen LogP contribution >= 0.6 is 15.9 Å². The van der Waals surface area contributed by atoms with E-state index >= 15 is 0 Å². The van der Waals surface area contributed by atoms with Crippen LogP contribution in [-0.2, 0) is 4.74 Å². The summed E-state index contributed by atoms with van der Waals surface area (Å²) in [7, 11) is 0. The largest absolute Gasteiger partial charge is 0.386 e. The predicted molar refractivity (Wildman–Crippen MR) is 78.5 cm³/mol. The number of hydrogen-bond acceptors (Lipinski definition) is 3. The number of epoxide rings is 1. The van der Waals surface area contributed by atoms with Crippen molar-refractivity contribution in [2.45, 2.75) is 18.3 Å². The summed E-state index contributed by atoms with van der Waals surface area (Å²) in [4.78, 5) is 12.2. The number of ether oxygens (including phenoxy) is 1. The third-order valence-corrected chi connectivity index (χ3v) is 3.89. The molecule has 20 heavy (non-hydrogen) atoms. The van der Waals surface area contributed by atoms with Gasteiger partial charge in [-0.3, -0.25) is 4.79 Å². The molecule has 1 heterocycles. The molecule has 2 aromatic carbocycles. The summed E-state index contributed by atoms with van der Waals surface area (Å²) in [5.74, 6) is -0.0857. The monoisotopic (exact) mass is 332 g/mol. The first-order valence-corrected chi connectivity index (χ1v) is 7.14. The molecule has 102 valence electrons. The smallest absolute Gasteiger partial charge is 0.194 e. The molecule has 3 rings (SSSR count). The molecule has 0 aliphatic carbocycles. The zero-order valence-corrected chi connectivity index (χ0v) is 12.2. The highest BCUT2D eigenvalue weighted by Gasteiger charge is 2.49. The van der Waals surface area contributed by atoms with Gasteiger partial charge in [0, 0.05) is 10.0 Å². The van der Waals surface area contributed by atoms with Crippen molar-refractivity contribution >= 4 is 21.7 Å². The number of carbonyl (C=O) groups is 1. The van der Waals surface area contributed by atoms with Crippen molar-refractivity contribution in [3.8, 4) is 0 Å². The summed E-state index contributed by atoms with van der Waals surface area (Å²) in [5, 5.41) is 10.2. The van der Waals surface area contributed by atoms with Crippen LogP contribution < -0.4 is 0 Å². The van der Waals surface area contributed by atoms with Crippen molar-refractivity contribution in [2.24, 2.45) is 0 Å². The first-order chi connectivity index (χ1) is 9.66. The molecule has 0 spiro atoms. The van der Waals surface area contributed by atoms with E-state index in [1.807, 2.05) is 42.5 Å². The summed E-state index contributed by atoms with van der Waals surface area (Å²) in [5.41, 5.74) is 1.37. The number of Topliss-reactive ketones (excluding diaryl/α,β-unsaturated/α-hetero) is 1. The van der Waals surface area contributed by atoms with Crippen molar-refractivity contribution in [3.63, 3.8) is 0 Å². The van der Waals surface area contributed by atoms with E-state index in [0.717, 1.165) is 10.0 Å². The number of hydrogen-bond donors (Lipinski definition) is 1. The van der Waals surface area contributed by atoms with Crippen molar-refractivity contribution in [3.05, 3.63) is 70.2 Å². The highest BCUT2D eigenvalue weighted by molar-refractivity contribution is 9.10. The standard InChI is InChI=1S/C16H13BrO3/c17-12-8-6-11(7-9-12)14(19)16-15(20-16)13(18)10-4-2-1-3-5-10/h1-9,13,15-16,18H/t13-,15+,16+/m0/s1. The maximum absolute atomic E-state index is 12.2. The van der Waals surface area contributed by atoms with Gasteiger partial charge in [0.15, 0.2) is 5.78 Å². The maximum Gasteiger partial charge on any atom is 0.194 e. The summed E-state index contributed by atoms with van der Waals surface area (Å²) < 4.78 is 6.29. The Bertz CT molecular complexity index is 609. The Labute approximate surface area is 125 Å². The summed E-state index contributed by atoms with van der Waals surface area (Å²) in [6.45, 7) is 0. The fraction of sp³-hybridized carbons (Fsp3) is 0.188. The Hall–Kier alpha value is -1.49. The van der Waals surface area contributed by atoms with E-state index in [0.29, 0.717) is 5.56 Å². The average Bonchev–Trinajstić information content (AvgIpc) is 3.28. The van der Waals surface area contributed by atoms with E-state index in [9.17, 15) is 9.90 Å². The van der Waals surface area contributed by atoms with Crippen molar-refractivity contribution in [2.75, 3.05) is 0 Å². The molecule has 1 saturated heterocycles. The molecule has 0 amide bonds. The van der Waals surface area contributed by atoms with Gasteiger partial charge >= 0.3 is 0 Å². The Morgan fingerprint density at radius 2 is 1.75 bits per heavy atom. The van der Waals surface area contributed by atoms with Gasteiger partial charge in [-0.2, -0.15) is 0 Å². The second kappa shape index (κ2) is 5.48. The van der Waals surface area contributed by atoms with Gasteiger partial charge in [0.25, 0.3) is 0 Å². The van der Waals surface area contributed by atoms with E-state index in [-0.39, 0.29) is 5.78 Å². The van der Waals surface area contributed by atoms with E-state index < -0.39 is 18.3 Å². The van der Waals surface area contributed by atoms with Crippen LogP contribution in [0.5, 0.6) is 0 Å². The third-order valence-electron chi connectivity index (χ3n) is 3.36. The molecule has 1 N–H and O–H groups in total. The third kappa shape index (κ3) is 2.68. The zero-order valence-electron chi connectivity index (χ0n) is 10.6. The molecule has 0 saturated carbocycles. The minimum absolute atomic E-state index is 0.0857. The van der Waals surface area contributed by atoms with Crippen LogP contribution in [0.25, 0.3) is 0 Å². The van der Waals surface area contributed by atoms with Gasteiger partial charge < -0.3 is 9.84 Å². The van der Waals surface area contributed by atoms with Crippen LogP contribution in [0.4, 0.5) is 0 Å². The number of rotatable bonds is 4. The van der Waals surface area contributed by atoms with Gasteiger partial charge in [0.05, 0.1) is 0 Å². The SMILES string of the molecule is O=C(c1ccc(Br)cc1)[C@H]1O[C@@H]1[C@@H](O)c1ccccc1. The molecule has 4 heteroatoms. The van der Waals surface area contributed by atoms with Crippen LogP contribution in [0.3, 0.4) is 0 Å². The predicted octanol–water partition coefficient (Wildman–Crippen LogP) is 3.13. The Morgan fingerprint density at radius 3 is 2.40 bits per heavy atom. The summed E-state index contributed by atoms with van der Waals surface area (Å²) >= 11 is 3.33. The number of benzene rings is 2. The van der Waals surface area contributed by atoms with Crippen LogP contribution in [0.2, 0.25) is 0 Å². The van der Waals surface area contributed by atoms with Crippen molar-refractivity contribution in [1.82, 2.24) is 0 Å². The quantitative estimate of drug-likeness (QED) is 0.691. The average molecular weight is 333 g/mol. The molecule has 3 atom stereocenters. The molecule has 3 nitrogen and oxygen atoms in total. The van der Waals surface area contributed by atoms with Gasteiger partial charge in [0.1, 0.15) is 18.3 Å². The molecule has 1 aliphatic rings. The van der Waals surface area contributed by atoms with Crippen LogP contribution in [0.1, 0.15) is 22.0 Å². The lowest BCUT2D eigenvalue weighted by Gasteiger charge is -2.07. The van der Waals surface area contributed by atoms with Crippen molar-refractivity contribution in [1.29, 1.82) is 0 Å². The van der Waals surface area contributed by atoms with E-state index in [4.69, 9.17) is 4.74 Å². The number of ketones is 1. The van der Waals surface area contributed by atoms with E-state index in [2.05, 4.69) is 15.9 Å². The van der Waals surface area contributed by atoms with Gasteiger partial charge in [0.2, 0.25) is 0 Å². The van der Waals surface area contributed by atoms with Crippen LogP contribution in [0.15, 0.2) is 59.1 Å². The minimum Gasteiger partial charge on any atom is -0.386 e. The fourth-order valence-corrected chi connectivity index (χ4v) is 2.46. The van der Waals surface area contributed by atoms with Crippen LogP contribution in [-0.4, -0.2) is 23.1 Å². The Kier molecular flexibility index (Phi) is 3.70. The minimum atomic E-state index is -0.763. The zero-order chi connectivity index (χ0) is 14.1. The molecule has 1 aliphatic heterocycles. The number of carbonyl (C=O) groups excluding carboxylic acids is 1. The topological polar surface area (TPSA) is 49.8 Å². The summed E-state index contributed by atoms with van der Waals surface area (Å²) in [6.07, 6.45) is -1.76. The lowest BCUT2D eigenvalue weighted by atomic mass is 10.0. The van der Waals surface area contributed by atoms with E-state index in [1.54, 1.807) is 12.1 Å². The molecular formula is C16H13BrO3. The highest BCUT2D eigenvalue weighted by Crippen LogP contribution is 2.36. The van der Waals surface area contributed by atoms with Crippen LogP contribution in [0, 0.1) is 0 Å². The molecule has 0 radical (unpaired) electrons. The second-order valence-electron chi connectivity index (χ2n) is 4.75. The summed E-state index contributed by atoms with van der Waals surface area (Å²) in [6, 6.07) is 16.4. The van der Waals surface area contributed by atoms with E-state index in [1.165, 1.54) is 0 Å². The molecule has 0 unspecified atom stereocenters. The lowest BCUT2D eigenvalue weighted by molar-refractivity contribution is 0.0953. The number of halogens is 1. The van der Waals surface area contributed by atoms with Gasteiger partial charge in [-0.25, -0.2) is 0 Å². The Morgan fingerprint density at radius 1 is 1.10 bits per heavy atom. The first-order valence-electron chi connectivity index (χ1n) is 6.35. The first kappa shape index (κ1) is 13.5. The Balaban J connectivity index is 1.70. The lowest BCUT2D eigenvalue weighted by Crippen LogP contribution is -2.15. The molecular weight excluding hydrogens is 320 g/mol. The van der Waals surface area contributed by atoms with Crippen molar-refractivity contribution < 1.29 is 14.6 Å². The van der Waals surface area contributed by atoms with Gasteiger partial charge in [-0.1, -0.05) is 58.4 Å². The number of aliphatic hydroxyl groups is 1. The van der Waals surface area contributed by atoms with Gasteiger partial charge in [-0.05, 0) is 17.7 Å². The molecule has 2 aromatic rings. The maximum atomic E-state index is 12.2. The number of aliphatic hydroxyl groups excluding tert-OH is 1. The molecule has 1 fully saturated rings. The molecule has 0 bridgehead atoms.